The molecule has 0 bridgehead atoms. The number of benzene rings is 5. The van der Waals surface area contributed by atoms with Crippen LogP contribution in [0, 0.1) is 0 Å². The third kappa shape index (κ3) is 5.04. The fourth-order valence-corrected chi connectivity index (χ4v) is 6.88. The van der Waals surface area contributed by atoms with Gasteiger partial charge in [0, 0.05) is 45.8 Å². The summed E-state index contributed by atoms with van der Waals surface area (Å²) in [6.45, 7) is 0. The minimum absolute atomic E-state index is 0.290. The topological polar surface area (TPSA) is 51.6 Å². The number of rotatable bonds is 5. The molecule has 0 aliphatic heterocycles. The van der Waals surface area contributed by atoms with E-state index in [-0.39, 0.29) is 5.92 Å². The Bertz CT molecular complexity index is 2520. The molecule has 1 aliphatic carbocycles. The minimum atomic E-state index is 0.290. The van der Waals surface area contributed by atoms with E-state index in [2.05, 4.69) is 137 Å². The molecule has 226 valence electrons. The van der Waals surface area contributed by atoms with Crippen molar-refractivity contribution in [3.8, 4) is 33.9 Å². The maximum atomic E-state index is 5.28. The van der Waals surface area contributed by atoms with Crippen molar-refractivity contribution in [2.75, 3.05) is 0 Å². The van der Waals surface area contributed by atoms with Gasteiger partial charge in [0.25, 0.3) is 0 Å². The number of allylic oxidation sites excluding steroid dienone is 4. The lowest BCUT2D eigenvalue weighted by Gasteiger charge is -2.19. The van der Waals surface area contributed by atoms with Gasteiger partial charge in [0.15, 0.2) is 5.82 Å². The van der Waals surface area contributed by atoms with Gasteiger partial charge in [-0.25, -0.2) is 19.9 Å². The summed E-state index contributed by atoms with van der Waals surface area (Å²) in [6.07, 6.45) is 11.5. The molecule has 0 fully saturated rings. The van der Waals surface area contributed by atoms with E-state index in [0.29, 0.717) is 0 Å². The summed E-state index contributed by atoms with van der Waals surface area (Å²) in [4.78, 5) is 19.2. The van der Waals surface area contributed by atoms with Gasteiger partial charge in [-0.3, -0.25) is 0 Å². The summed E-state index contributed by atoms with van der Waals surface area (Å²) in [5, 5.41) is 4.56. The number of pyridine rings is 2. The first-order valence-electron chi connectivity index (χ1n) is 16.3. The predicted octanol–water partition coefficient (Wildman–Crippen LogP) is 10.9. The largest absolute Gasteiger partial charge is 0.245 e. The average molecular weight is 615 g/mol. The van der Waals surface area contributed by atoms with Crippen LogP contribution >= 0.6 is 0 Å². The second-order valence-corrected chi connectivity index (χ2v) is 12.2. The highest BCUT2D eigenvalue weighted by atomic mass is 14.8. The fourth-order valence-electron chi connectivity index (χ4n) is 6.88. The molecule has 4 nitrogen and oxygen atoms in total. The second-order valence-electron chi connectivity index (χ2n) is 12.2. The lowest BCUT2D eigenvalue weighted by Crippen LogP contribution is -2.00. The van der Waals surface area contributed by atoms with Gasteiger partial charge in [0.1, 0.15) is 0 Å². The number of hydrogen-bond acceptors (Lipinski definition) is 4. The highest BCUT2D eigenvalue weighted by Gasteiger charge is 2.17. The zero-order valence-corrected chi connectivity index (χ0v) is 26.2. The Kier molecular flexibility index (Phi) is 6.90. The summed E-state index contributed by atoms with van der Waals surface area (Å²) in [7, 11) is 0. The third-order valence-corrected chi connectivity index (χ3v) is 9.33. The molecule has 4 heteroatoms. The SMILES string of the molecule is C1=CC(c2ccc(-c3ccc4ccc5ccc(-c6ccccc6)nc5c4n3)c3ccccc23)=CC(c2ccc(-c3ncccn3)cc2)C1. The molecule has 0 amide bonds. The van der Waals surface area contributed by atoms with Gasteiger partial charge in [-0.15, -0.1) is 0 Å². The smallest absolute Gasteiger partial charge is 0.159 e. The highest BCUT2D eigenvalue weighted by molar-refractivity contribution is 6.07. The standard InChI is InChI=1S/C44H30N4/c1-2-8-30(9-3-1)40-24-20-31-16-17-32-21-25-41(48-43(32)42(31)47-40)39-23-22-36(37-12-4-5-13-38(37)39)35-11-6-10-34(28-35)29-14-18-33(19-15-29)44-45-26-7-27-46-44/h1-9,11-28,34H,10H2. The van der Waals surface area contributed by atoms with E-state index in [4.69, 9.17) is 9.97 Å². The van der Waals surface area contributed by atoms with Gasteiger partial charge < -0.3 is 0 Å². The van der Waals surface area contributed by atoms with E-state index in [1.54, 1.807) is 12.4 Å². The molecule has 0 N–H and O–H groups in total. The Morgan fingerprint density at radius 3 is 1.88 bits per heavy atom. The zero-order chi connectivity index (χ0) is 31.9. The number of fused-ring (bicyclic) bond motifs is 4. The molecule has 48 heavy (non-hydrogen) atoms. The summed E-state index contributed by atoms with van der Waals surface area (Å²) in [6, 6.07) is 46.8. The van der Waals surface area contributed by atoms with Gasteiger partial charge >= 0.3 is 0 Å². The van der Waals surface area contributed by atoms with Crippen LogP contribution in [-0.2, 0) is 0 Å². The molecule has 1 unspecified atom stereocenters. The van der Waals surface area contributed by atoms with E-state index in [0.717, 1.165) is 62.1 Å². The first kappa shape index (κ1) is 28.0. The number of aromatic nitrogens is 4. The Morgan fingerprint density at radius 1 is 0.500 bits per heavy atom. The molecule has 5 aromatic carbocycles. The van der Waals surface area contributed by atoms with E-state index in [1.165, 1.54) is 27.5 Å². The monoisotopic (exact) mass is 614 g/mol. The summed E-state index contributed by atoms with van der Waals surface area (Å²) >= 11 is 0. The predicted molar refractivity (Wildman–Crippen MR) is 197 cm³/mol. The van der Waals surface area contributed by atoms with Crippen LogP contribution in [0.3, 0.4) is 0 Å². The van der Waals surface area contributed by atoms with E-state index in [1.807, 2.05) is 24.3 Å². The molecule has 0 saturated carbocycles. The van der Waals surface area contributed by atoms with Crippen LogP contribution in [0.5, 0.6) is 0 Å². The Balaban J connectivity index is 1.11. The quantitative estimate of drug-likeness (QED) is 0.181. The molecule has 0 spiro atoms. The highest BCUT2D eigenvalue weighted by Crippen LogP contribution is 2.38. The maximum absolute atomic E-state index is 5.28. The molecule has 9 rings (SSSR count). The van der Waals surface area contributed by atoms with Crippen molar-refractivity contribution in [2.45, 2.75) is 12.3 Å². The van der Waals surface area contributed by atoms with Crippen LogP contribution in [0.15, 0.2) is 164 Å². The van der Waals surface area contributed by atoms with Crippen molar-refractivity contribution < 1.29 is 0 Å². The van der Waals surface area contributed by atoms with Gasteiger partial charge in [0.2, 0.25) is 0 Å². The first-order valence-corrected chi connectivity index (χ1v) is 16.3. The summed E-state index contributed by atoms with van der Waals surface area (Å²) in [5.74, 6) is 1.04. The molecule has 1 atom stereocenters. The average Bonchev–Trinajstić information content (AvgIpc) is 3.18. The molecular formula is C44H30N4. The van der Waals surface area contributed by atoms with Crippen LogP contribution < -0.4 is 0 Å². The molecule has 1 aliphatic rings. The van der Waals surface area contributed by atoms with Gasteiger partial charge in [-0.2, -0.15) is 0 Å². The van der Waals surface area contributed by atoms with Crippen molar-refractivity contribution in [1.29, 1.82) is 0 Å². The van der Waals surface area contributed by atoms with Crippen molar-refractivity contribution in [1.82, 2.24) is 19.9 Å². The van der Waals surface area contributed by atoms with E-state index < -0.39 is 0 Å². The number of hydrogen-bond donors (Lipinski definition) is 0. The van der Waals surface area contributed by atoms with Crippen molar-refractivity contribution in [3.63, 3.8) is 0 Å². The van der Waals surface area contributed by atoms with E-state index in [9.17, 15) is 0 Å². The Morgan fingerprint density at radius 2 is 1.12 bits per heavy atom. The van der Waals surface area contributed by atoms with E-state index >= 15 is 0 Å². The van der Waals surface area contributed by atoms with Gasteiger partial charge in [0.05, 0.1) is 22.4 Å². The zero-order valence-electron chi connectivity index (χ0n) is 26.2. The summed E-state index contributed by atoms with van der Waals surface area (Å²) in [5.41, 5.74) is 10.7. The molecule has 0 saturated heterocycles. The Labute approximate surface area is 278 Å². The third-order valence-electron chi connectivity index (χ3n) is 9.33. The fraction of sp³-hybridized carbons (Fsp3) is 0.0455. The van der Waals surface area contributed by atoms with Crippen LogP contribution in [0.25, 0.3) is 72.1 Å². The molecule has 3 aromatic heterocycles. The lowest BCUT2D eigenvalue weighted by atomic mass is 9.85. The first-order chi connectivity index (χ1) is 23.8. The van der Waals surface area contributed by atoms with Crippen LogP contribution in [0.2, 0.25) is 0 Å². The van der Waals surface area contributed by atoms with Crippen molar-refractivity contribution >= 4 is 38.2 Å². The maximum Gasteiger partial charge on any atom is 0.159 e. The lowest BCUT2D eigenvalue weighted by molar-refractivity contribution is 0.857. The minimum Gasteiger partial charge on any atom is -0.245 e. The van der Waals surface area contributed by atoms with Crippen LogP contribution in [0.4, 0.5) is 0 Å². The normalized spacial score (nSPS) is 14.4. The van der Waals surface area contributed by atoms with Gasteiger partial charge in [-0.1, -0.05) is 133 Å². The Hall–Kier alpha value is -6.26. The second kappa shape index (κ2) is 11.8. The number of nitrogens with zero attached hydrogens (tertiary/aromatic N) is 4. The molecule has 0 radical (unpaired) electrons. The molecular weight excluding hydrogens is 585 g/mol. The van der Waals surface area contributed by atoms with Crippen LogP contribution in [-0.4, -0.2) is 19.9 Å². The summed E-state index contributed by atoms with van der Waals surface area (Å²) < 4.78 is 0. The molecule has 8 aromatic rings. The van der Waals surface area contributed by atoms with Gasteiger partial charge in [-0.05, 0) is 52.1 Å². The van der Waals surface area contributed by atoms with Crippen molar-refractivity contribution in [3.05, 3.63) is 175 Å². The van der Waals surface area contributed by atoms with Crippen molar-refractivity contribution in [2.24, 2.45) is 0 Å². The van der Waals surface area contributed by atoms with Crippen LogP contribution in [0.1, 0.15) is 23.5 Å². The molecule has 3 heterocycles.